The largest absolute Gasteiger partial charge is 0.491 e. The molecule has 0 aliphatic carbocycles. The predicted molar refractivity (Wildman–Crippen MR) is 85.8 cm³/mol. The second-order valence-corrected chi connectivity index (χ2v) is 4.83. The van der Waals surface area contributed by atoms with E-state index in [1.54, 1.807) is 12.1 Å². The van der Waals surface area contributed by atoms with Crippen molar-refractivity contribution in [3.8, 4) is 11.5 Å². The molecule has 1 aromatic carbocycles. The van der Waals surface area contributed by atoms with Gasteiger partial charge >= 0.3 is 0 Å². The minimum atomic E-state index is -0.440. The molecule has 0 aliphatic heterocycles. The Labute approximate surface area is 136 Å². The number of hydrogen-bond donors (Lipinski definition) is 1. The van der Waals surface area contributed by atoms with E-state index in [0.717, 1.165) is 10.9 Å². The molecule has 0 atom stereocenters. The maximum Gasteiger partial charge on any atom is 0.293 e. The van der Waals surface area contributed by atoms with E-state index >= 15 is 0 Å². The van der Waals surface area contributed by atoms with Gasteiger partial charge in [-0.15, -0.1) is 0 Å². The van der Waals surface area contributed by atoms with Crippen molar-refractivity contribution in [3.05, 3.63) is 44.0 Å². The number of aromatic nitrogens is 3. The third-order valence-electron chi connectivity index (χ3n) is 2.59. The van der Waals surface area contributed by atoms with Crippen molar-refractivity contribution in [1.29, 1.82) is 0 Å². The van der Waals surface area contributed by atoms with Gasteiger partial charge in [0.05, 0.1) is 25.0 Å². The van der Waals surface area contributed by atoms with Crippen molar-refractivity contribution in [3.63, 3.8) is 0 Å². The van der Waals surface area contributed by atoms with Gasteiger partial charge in [-0.25, -0.2) is 0 Å². The summed E-state index contributed by atoms with van der Waals surface area (Å²) in [5.74, 6) is 0.935. The molecular formula is C13H13ClN4O3S. The monoisotopic (exact) mass is 340 g/mol. The van der Waals surface area contributed by atoms with Gasteiger partial charge in [0, 0.05) is 0 Å². The Morgan fingerprint density at radius 3 is 2.95 bits per heavy atom. The zero-order valence-electron chi connectivity index (χ0n) is 11.9. The molecule has 0 bridgehead atoms. The molecule has 7 nitrogen and oxygen atoms in total. The van der Waals surface area contributed by atoms with Gasteiger partial charge in [0.1, 0.15) is 6.20 Å². The normalized spacial score (nSPS) is 10.9. The fourth-order valence-electron chi connectivity index (χ4n) is 1.70. The van der Waals surface area contributed by atoms with Gasteiger partial charge in [-0.2, -0.15) is 14.9 Å². The number of hydrogen-bond acceptors (Lipinski definition) is 6. The van der Waals surface area contributed by atoms with Crippen LogP contribution in [0, 0.1) is 4.77 Å². The fourth-order valence-corrected chi connectivity index (χ4v) is 2.19. The molecule has 0 saturated carbocycles. The molecule has 1 aromatic heterocycles. The second kappa shape index (κ2) is 7.19. The molecule has 116 valence electrons. The van der Waals surface area contributed by atoms with Crippen LogP contribution in [0.1, 0.15) is 12.5 Å². The molecule has 9 heteroatoms. The standard InChI is InChI=1S/C13H13ClN4O3S/c1-3-21-10-5-8(4-9(14)12(10)20-2)6-16-18-11(19)7-15-17-13(18)22/h4-7H,3H2,1-2H3,(H,17,22)/b16-6-. The number of methoxy groups -OCH3 is 1. The summed E-state index contributed by atoms with van der Waals surface area (Å²) < 4.78 is 11.8. The Morgan fingerprint density at radius 1 is 1.55 bits per heavy atom. The second-order valence-electron chi connectivity index (χ2n) is 4.04. The van der Waals surface area contributed by atoms with Crippen LogP contribution in [0.4, 0.5) is 0 Å². The van der Waals surface area contributed by atoms with Gasteiger partial charge in [-0.3, -0.25) is 9.89 Å². The Morgan fingerprint density at radius 2 is 2.32 bits per heavy atom. The lowest BCUT2D eigenvalue weighted by Gasteiger charge is -2.11. The van der Waals surface area contributed by atoms with Crippen molar-refractivity contribution in [2.24, 2.45) is 5.10 Å². The summed E-state index contributed by atoms with van der Waals surface area (Å²) in [6.45, 7) is 2.31. The van der Waals surface area contributed by atoms with Crippen molar-refractivity contribution in [1.82, 2.24) is 14.9 Å². The van der Waals surface area contributed by atoms with Crippen LogP contribution < -0.4 is 15.0 Å². The maximum absolute atomic E-state index is 11.6. The Bertz CT molecular complexity index is 787. The zero-order chi connectivity index (χ0) is 16.1. The molecule has 1 heterocycles. The highest BCUT2D eigenvalue weighted by Gasteiger charge is 2.10. The molecule has 0 amide bonds. The van der Waals surface area contributed by atoms with Gasteiger partial charge in [0.2, 0.25) is 4.77 Å². The summed E-state index contributed by atoms with van der Waals surface area (Å²) >= 11 is 11.1. The van der Waals surface area contributed by atoms with Crippen molar-refractivity contribution in [2.45, 2.75) is 6.92 Å². The lowest BCUT2D eigenvalue weighted by atomic mass is 10.2. The van der Waals surface area contributed by atoms with E-state index in [1.165, 1.54) is 13.3 Å². The number of H-pyrrole nitrogens is 1. The van der Waals surface area contributed by atoms with E-state index < -0.39 is 5.56 Å². The molecule has 0 unspecified atom stereocenters. The van der Waals surface area contributed by atoms with E-state index in [2.05, 4.69) is 15.3 Å². The Kier molecular flexibility index (Phi) is 5.29. The first-order valence-corrected chi connectivity index (χ1v) is 7.06. The summed E-state index contributed by atoms with van der Waals surface area (Å²) in [5, 5.41) is 10.5. The van der Waals surface area contributed by atoms with E-state index in [-0.39, 0.29) is 4.77 Å². The molecule has 1 N–H and O–H groups in total. The van der Waals surface area contributed by atoms with Gasteiger partial charge < -0.3 is 9.47 Å². The first-order chi connectivity index (χ1) is 10.6. The molecule has 0 spiro atoms. The van der Waals surface area contributed by atoms with Gasteiger partial charge in [0.25, 0.3) is 5.56 Å². The minimum Gasteiger partial charge on any atom is -0.491 e. The predicted octanol–water partition coefficient (Wildman–Crippen LogP) is 2.24. The van der Waals surface area contributed by atoms with Crippen molar-refractivity contribution >= 4 is 30.0 Å². The van der Waals surface area contributed by atoms with Crippen LogP contribution in [-0.4, -0.2) is 34.8 Å². The maximum atomic E-state index is 11.6. The van der Waals surface area contributed by atoms with Gasteiger partial charge in [-0.05, 0) is 36.8 Å². The van der Waals surface area contributed by atoms with E-state index in [0.29, 0.717) is 28.7 Å². The molecule has 2 aromatic rings. The third-order valence-corrected chi connectivity index (χ3v) is 3.14. The summed E-state index contributed by atoms with van der Waals surface area (Å²) in [7, 11) is 1.51. The highest BCUT2D eigenvalue weighted by atomic mass is 35.5. The van der Waals surface area contributed by atoms with E-state index in [9.17, 15) is 4.79 Å². The fraction of sp³-hybridized carbons (Fsp3) is 0.231. The molecule has 2 rings (SSSR count). The number of ether oxygens (including phenoxy) is 2. The lowest BCUT2D eigenvalue weighted by Crippen LogP contribution is -2.18. The molecule has 0 saturated heterocycles. The Balaban J connectivity index is 2.44. The quantitative estimate of drug-likeness (QED) is 0.667. The van der Waals surface area contributed by atoms with E-state index in [4.69, 9.17) is 33.3 Å². The molecule has 0 aliphatic rings. The minimum absolute atomic E-state index is 0.0911. The highest BCUT2D eigenvalue weighted by molar-refractivity contribution is 7.71. The zero-order valence-corrected chi connectivity index (χ0v) is 13.4. The topological polar surface area (TPSA) is 81.5 Å². The first-order valence-electron chi connectivity index (χ1n) is 6.28. The van der Waals surface area contributed by atoms with Crippen LogP contribution in [0.25, 0.3) is 0 Å². The number of rotatable bonds is 5. The van der Waals surface area contributed by atoms with Crippen LogP contribution in [0.15, 0.2) is 28.2 Å². The average Bonchev–Trinajstić information content (AvgIpc) is 2.47. The van der Waals surface area contributed by atoms with Crippen LogP contribution >= 0.6 is 23.8 Å². The van der Waals surface area contributed by atoms with Crippen molar-refractivity contribution < 1.29 is 9.47 Å². The number of halogens is 1. The average molecular weight is 341 g/mol. The van der Waals surface area contributed by atoms with Crippen molar-refractivity contribution in [2.75, 3.05) is 13.7 Å². The van der Waals surface area contributed by atoms with Crippen LogP contribution in [0.5, 0.6) is 11.5 Å². The van der Waals surface area contributed by atoms with E-state index in [1.807, 2.05) is 6.92 Å². The van der Waals surface area contributed by atoms with Crippen LogP contribution in [-0.2, 0) is 0 Å². The Hall–Kier alpha value is -2.19. The number of benzene rings is 1. The van der Waals surface area contributed by atoms with Gasteiger partial charge in [-0.1, -0.05) is 11.6 Å². The van der Waals surface area contributed by atoms with Crippen LogP contribution in [0.2, 0.25) is 5.02 Å². The summed E-state index contributed by atoms with van der Waals surface area (Å²) in [4.78, 5) is 11.6. The molecule has 22 heavy (non-hydrogen) atoms. The summed E-state index contributed by atoms with van der Waals surface area (Å²) in [6.07, 6.45) is 2.53. The number of nitrogens with zero attached hydrogens (tertiary/aromatic N) is 3. The molecular weight excluding hydrogens is 328 g/mol. The summed E-state index contributed by atoms with van der Waals surface area (Å²) in [5.41, 5.74) is 0.192. The number of nitrogens with one attached hydrogen (secondary N) is 1. The SMILES string of the molecule is CCOc1cc(/C=N\n2c(=O)cn[nH]c2=S)cc(Cl)c1OC. The number of aromatic amines is 1. The molecule has 0 fully saturated rings. The lowest BCUT2D eigenvalue weighted by molar-refractivity contribution is 0.311. The first kappa shape index (κ1) is 16.2. The third kappa shape index (κ3) is 3.52. The summed E-state index contributed by atoms with van der Waals surface area (Å²) in [6, 6.07) is 3.35. The smallest absolute Gasteiger partial charge is 0.293 e. The molecule has 0 radical (unpaired) electrons. The van der Waals surface area contributed by atoms with Gasteiger partial charge in [0.15, 0.2) is 11.5 Å². The highest BCUT2D eigenvalue weighted by Crippen LogP contribution is 2.35. The van der Waals surface area contributed by atoms with Crippen LogP contribution in [0.3, 0.4) is 0 Å².